The number of nitrogens with one attached hydrogen (secondary N) is 1. The molecule has 4 heteroatoms. The van der Waals surface area contributed by atoms with Gasteiger partial charge in [-0.3, -0.25) is 4.79 Å². The van der Waals surface area contributed by atoms with E-state index in [2.05, 4.69) is 30.1 Å². The first kappa shape index (κ1) is 18.4. The molecule has 0 saturated carbocycles. The highest BCUT2D eigenvalue weighted by molar-refractivity contribution is 5.79. The van der Waals surface area contributed by atoms with E-state index in [-0.39, 0.29) is 11.9 Å². The number of aromatic amines is 1. The Labute approximate surface area is 166 Å². The summed E-state index contributed by atoms with van der Waals surface area (Å²) in [5.41, 5.74) is 4.64. The van der Waals surface area contributed by atoms with E-state index in [4.69, 9.17) is 4.74 Å². The maximum Gasteiger partial charge on any atom is 0.227 e. The fraction of sp³-hybridized carbons (Fsp3) is 0.292. The Balaban J connectivity index is 1.35. The maximum atomic E-state index is 12.8. The number of amides is 1. The normalized spacial score (nSPS) is 16.3. The van der Waals surface area contributed by atoms with Crippen molar-refractivity contribution in [2.75, 3.05) is 6.54 Å². The largest absolute Gasteiger partial charge is 0.489 e. The minimum Gasteiger partial charge on any atom is -0.489 e. The van der Waals surface area contributed by atoms with Crippen molar-refractivity contribution in [1.29, 1.82) is 0 Å². The van der Waals surface area contributed by atoms with E-state index < -0.39 is 0 Å². The molecule has 0 bridgehead atoms. The molecule has 1 amide bonds. The van der Waals surface area contributed by atoms with Crippen LogP contribution in [-0.2, 0) is 17.8 Å². The number of aryl methyl sites for hydroxylation is 1. The number of carbonyl (C=O) groups excluding carboxylic acids is 1. The number of carbonyl (C=O) groups is 1. The van der Waals surface area contributed by atoms with Crippen LogP contribution in [0.3, 0.4) is 0 Å². The molecule has 3 aromatic rings. The van der Waals surface area contributed by atoms with E-state index in [1.54, 1.807) is 0 Å². The predicted molar refractivity (Wildman–Crippen MR) is 110 cm³/mol. The van der Waals surface area contributed by atoms with Gasteiger partial charge in [0.1, 0.15) is 12.4 Å². The Morgan fingerprint density at radius 3 is 2.71 bits per heavy atom. The second-order valence-electron chi connectivity index (χ2n) is 7.43. The second-order valence-corrected chi connectivity index (χ2v) is 7.43. The molecule has 28 heavy (non-hydrogen) atoms. The third-order valence-electron chi connectivity index (χ3n) is 5.51. The molecule has 1 fully saturated rings. The summed E-state index contributed by atoms with van der Waals surface area (Å²) in [5, 5.41) is 0. The van der Waals surface area contributed by atoms with Gasteiger partial charge in [0.15, 0.2) is 0 Å². The summed E-state index contributed by atoms with van der Waals surface area (Å²) in [6, 6.07) is 18.4. The zero-order chi connectivity index (χ0) is 19.3. The molecule has 0 spiro atoms. The number of H-pyrrole nitrogens is 1. The molecular formula is C24H26N2O2. The smallest absolute Gasteiger partial charge is 0.227 e. The highest BCUT2D eigenvalue weighted by Crippen LogP contribution is 2.32. The Morgan fingerprint density at radius 1 is 1.14 bits per heavy atom. The van der Waals surface area contributed by atoms with E-state index >= 15 is 0 Å². The van der Waals surface area contributed by atoms with Crippen LogP contribution in [0.25, 0.3) is 0 Å². The Kier molecular flexibility index (Phi) is 5.47. The highest BCUT2D eigenvalue weighted by Gasteiger charge is 2.29. The lowest BCUT2D eigenvalue weighted by molar-refractivity contribution is -0.131. The fourth-order valence-corrected chi connectivity index (χ4v) is 3.87. The predicted octanol–water partition coefficient (Wildman–Crippen LogP) is 4.81. The maximum absolute atomic E-state index is 12.8. The minimum atomic E-state index is 0.192. The second kappa shape index (κ2) is 8.34. The van der Waals surface area contributed by atoms with Crippen molar-refractivity contribution in [2.24, 2.45) is 0 Å². The summed E-state index contributed by atoms with van der Waals surface area (Å²) >= 11 is 0. The Hall–Kier alpha value is -3.01. The van der Waals surface area contributed by atoms with Gasteiger partial charge in [-0.2, -0.15) is 0 Å². The van der Waals surface area contributed by atoms with Gasteiger partial charge in [-0.05, 0) is 60.2 Å². The molecule has 1 aliphatic rings. The summed E-state index contributed by atoms with van der Waals surface area (Å²) in [7, 11) is 0. The summed E-state index contributed by atoms with van der Waals surface area (Å²) in [5.74, 6) is 1.02. The standard InChI is InChI=1S/C24H26N2O2/c1-18-5-2-3-6-21(18)17-28-22-10-8-19(9-11-22)15-24(27)26-14-4-7-23(26)20-12-13-25-16-20/h2-3,5-6,8-13,16,23,25H,4,7,14-15,17H2,1H3. The molecule has 0 radical (unpaired) electrons. The number of likely N-dealkylation sites (tertiary alicyclic amines) is 1. The van der Waals surface area contributed by atoms with Crippen LogP contribution in [0.15, 0.2) is 67.0 Å². The van der Waals surface area contributed by atoms with Gasteiger partial charge in [-0.25, -0.2) is 0 Å². The number of hydrogen-bond donors (Lipinski definition) is 1. The molecule has 1 N–H and O–H groups in total. The van der Waals surface area contributed by atoms with Crippen LogP contribution in [0.2, 0.25) is 0 Å². The van der Waals surface area contributed by atoms with Crippen LogP contribution in [0.5, 0.6) is 5.75 Å². The van der Waals surface area contributed by atoms with Gasteiger partial charge in [-0.15, -0.1) is 0 Å². The minimum absolute atomic E-state index is 0.192. The van der Waals surface area contributed by atoms with Crippen molar-refractivity contribution in [2.45, 2.75) is 38.8 Å². The third kappa shape index (κ3) is 4.11. The molecule has 1 saturated heterocycles. The van der Waals surface area contributed by atoms with Crippen molar-refractivity contribution >= 4 is 5.91 Å². The van der Waals surface area contributed by atoms with Crippen molar-refractivity contribution < 1.29 is 9.53 Å². The number of aromatic nitrogens is 1. The van der Waals surface area contributed by atoms with Crippen LogP contribution in [-0.4, -0.2) is 22.3 Å². The van der Waals surface area contributed by atoms with Crippen LogP contribution in [0, 0.1) is 6.92 Å². The van der Waals surface area contributed by atoms with Gasteiger partial charge in [0.2, 0.25) is 5.91 Å². The lowest BCUT2D eigenvalue weighted by Gasteiger charge is -2.24. The van der Waals surface area contributed by atoms with Gasteiger partial charge < -0.3 is 14.6 Å². The summed E-state index contributed by atoms with van der Waals surface area (Å²) in [6.45, 7) is 3.48. The summed E-state index contributed by atoms with van der Waals surface area (Å²) < 4.78 is 5.90. The monoisotopic (exact) mass is 374 g/mol. The van der Waals surface area contributed by atoms with Crippen LogP contribution in [0.1, 0.15) is 41.1 Å². The Morgan fingerprint density at radius 2 is 1.96 bits per heavy atom. The van der Waals surface area contributed by atoms with Gasteiger partial charge in [-0.1, -0.05) is 36.4 Å². The Bertz CT molecular complexity index is 916. The molecule has 4 nitrogen and oxygen atoms in total. The van der Waals surface area contributed by atoms with E-state index in [1.165, 1.54) is 16.7 Å². The van der Waals surface area contributed by atoms with E-state index in [9.17, 15) is 4.79 Å². The highest BCUT2D eigenvalue weighted by atomic mass is 16.5. The number of ether oxygens (including phenoxy) is 1. The van der Waals surface area contributed by atoms with Crippen molar-refractivity contribution in [1.82, 2.24) is 9.88 Å². The summed E-state index contributed by atoms with van der Waals surface area (Å²) in [4.78, 5) is 18.0. The van der Waals surface area contributed by atoms with E-state index in [1.807, 2.05) is 53.7 Å². The molecule has 0 aliphatic carbocycles. The van der Waals surface area contributed by atoms with Gasteiger partial charge in [0.05, 0.1) is 12.5 Å². The molecule has 144 valence electrons. The summed E-state index contributed by atoms with van der Waals surface area (Å²) in [6.07, 6.45) is 6.45. The van der Waals surface area contributed by atoms with Gasteiger partial charge in [0, 0.05) is 18.9 Å². The van der Waals surface area contributed by atoms with Crippen LogP contribution < -0.4 is 4.74 Å². The average Bonchev–Trinajstić information content (AvgIpc) is 3.40. The molecule has 1 aliphatic heterocycles. The van der Waals surface area contributed by atoms with E-state index in [0.717, 1.165) is 30.7 Å². The van der Waals surface area contributed by atoms with Crippen LogP contribution in [0.4, 0.5) is 0 Å². The van der Waals surface area contributed by atoms with Crippen LogP contribution >= 0.6 is 0 Å². The molecule has 1 aromatic heterocycles. The quantitative estimate of drug-likeness (QED) is 0.673. The SMILES string of the molecule is Cc1ccccc1COc1ccc(CC(=O)N2CCCC2c2cc[nH]c2)cc1. The molecule has 1 unspecified atom stereocenters. The first-order valence-corrected chi connectivity index (χ1v) is 9.89. The van der Waals surface area contributed by atoms with Crippen molar-refractivity contribution in [3.63, 3.8) is 0 Å². The molecule has 2 heterocycles. The number of nitrogens with zero attached hydrogens (tertiary/aromatic N) is 1. The van der Waals surface area contributed by atoms with Gasteiger partial charge >= 0.3 is 0 Å². The van der Waals surface area contributed by atoms with E-state index in [0.29, 0.717) is 13.0 Å². The first-order valence-electron chi connectivity index (χ1n) is 9.89. The first-order chi connectivity index (χ1) is 13.7. The molecule has 4 rings (SSSR count). The van der Waals surface area contributed by atoms with Gasteiger partial charge in [0.25, 0.3) is 0 Å². The molecule has 1 atom stereocenters. The number of hydrogen-bond acceptors (Lipinski definition) is 2. The van der Waals surface area contributed by atoms with Crippen molar-refractivity contribution in [3.05, 3.63) is 89.2 Å². The lowest BCUT2D eigenvalue weighted by Crippen LogP contribution is -2.31. The van der Waals surface area contributed by atoms with Crippen molar-refractivity contribution in [3.8, 4) is 5.75 Å². The molecular weight excluding hydrogens is 348 g/mol. The number of rotatable bonds is 6. The third-order valence-corrected chi connectivity index (χ3v) is 5.51. The zero-order valence-corrected chi connectivity index (χ0v) is 16.2. The molecule has 2 aromatic carbocycles. The fourth-order valence-electron chi connectivity index (χ4n) is 3.87. The topological polar surface area (TPSA) is 45.3 Å². The zero-order valence-electron chi connectivity index (χ0n) is 16.2. The number of benzene rings is 2. The lowest BCUT2D eigenvalue weighted by atomic mass is 10.1. The average molecular weight is 374 g/mol.